The van der Waals surface area contributed by atoms with Crippen LogP contribution in [-0.4, -0.2) is 45.6 Å². The maximum absolute atomic E-state index is 10.5. The highest BCUT2D eigenvalue weighted by Crippen LogP contribution is 2.44. The van der Waals surface area contributed by atoms with E-state index < -0.39 is 18.0 Å². The summed E-state index contributed by atoms with van der Waals surface area (Å²) in [5, 5.41) is 10.5. The van der Waals surface area contributed by atoms with Crippen LogP contribution in [0.3, 0.4) is 0 Å². The number of aliphatic hydroxyl groups is 1. The molecule has 0 amide bonds. The SMILES string of the molecule is B[C@H]1O[C@H](OC(c2ccccc2)(c2ccc(OC)cc2)c2ccc(OC)cc2)C(C)C1O. The standard InChI is InChI=1S/C26H29BO5/c1-17-23(28)24(27)31-25(17)32-26(18-7-5-4-6-8-18,19-9-13-21(29-2)14-10-19)20-11-15-22(30-3)16-12-20/h4-17,23-25,28H,27H2,1-3H3/t17?,23?,24-,25+/m0/s1. The molecular formula is C26H29BO5. The fourth-order valence-electron chi connectivity index (χ4n) is 4.34. The molecule has 3 aromatic carbocycles. The van der Waals surface area contributed by atoms with Gasteiger partial charge in [0.1, 0.15) is 24.9 Å². The number of ether oxygens (including phenoxy) is 4. The zero-order valence-electron chi connectivity index (χ0n) is 18.9. The van der Waals surface area contributed by atoms with E-state index in [2.05, 4.69) is 0 Å². The Balaban J connectivity index is 1.92. The fourth-order valence-corrected chi connectivity index (χ4v) is 4.34. The van der Waals surface area contributed by atoms with Gasteiger partial charge in [-0.3, -0.25) is 0 Å². The molecule has 0 spiro atoms. The van der Waals surface area contributed by atoms with Gasteiger partial charge in [0, 0.05) is 5.92 Å². The summed E-state index contributed by atoms with van der Waals surface area (Å²) >= 11 is 0. The van der Waals surface area contributed by atoms with E-state index in [-0.39, 0.29) is 11.9 Å². The molecule has 4 rings (SSSR count). The Bertz CT molecular complexity index is 959. The second-order valence-corrected chi connectivity index (χ2v) is 8.18. The first-order valence-electron chi connectivity index (χ1n) is 10.9. The van der Waals surface area contributed by atoms with Crippen molar-refractivity contribution in [1.29, 1.82) is 0 Å². The first kappa shape index (κ1) is 22.4. The molecule has 0 saturated carbocycles. The van der Waals surface area contributed by atoms with Crippen molar-refractivity contribution in [3.8, 4) is 11.5 Å². The predicted molar refractivity (Wildman–Crippen MR) is 126 cm³/mol. The Morgan fingerprint density at radius 2 is 1.25 bits per heavy atom. The summed E-state index contributed by atoms with van der Waals surface area (Å²) in [5.41, 5.74) is 1.85. The van der Waals surface area contributed by atoms with Gasteiger partial charge in [-0.2, -0.15) is 0 Å². The molecule has 0 radical (unpaired) electrons. The maximum atomic E-state index is 10.5. The van der Waals surface area contributed by atoms with Crippen LogP contribution in [0.15, 0.2) is 78.9 Å². The molecular weight excluding hydrogens is 403 g/mol. The van der Waals surface area contributed by atoms with Crippen molar-refractivity contribution in [2.75, 3.05) is 14.2 Å². The van der Waals surface area contributed by atoms with Crippen molar-refractivity contribution in [3.05, 3.63) is 95.6 Å². The Kier molecular flexibility index (Phi) is 6.56. The van der Waals surface area contributed by atoms with E-state index in [4.69, 9.17) is 18.9 Å². The van der Waals surface area contributed by atoms with Crippen molar-refractivity contribution < 1.29 is 24.1 Å². The largest absolute Gasteiger partial charge is 0.497 e. The van der Waals surface area contributed by atoms with E-state index in [1.54, 1.807) is 14.2 Å². The molecule has 0 bridgehead atoms. The van der Waals surface area contributed by atoms with Gasteiger partial charge < -0.3 is 24.1 Å². The lowest BCUT2D eigenvalue weighted by Gasteiger charge is -2.38. The summed E-state index contributed by atoms with van der Waals surface area (Å²) in [7, 11) is 5.17. The van der Waals surface area contributed by atoms with Gasteiger partial charge in [0.2, 0.25) is 0 Å². The van der Waals surface area contributed by atoms with Crippen LogP contribution < -0.4 is 9.47 Å². The number of aliphatic hydroxyl groups excluding tert-OH is 1. The Labute approximate surface area is 190 Å². The maximum Gasteiger partial charge on any atom is 0.164 e. The Morgan fingerprint density at radius 1 is 0.781 bits per heavy atom. The lowest BCUT2D eigenvalue weighted by Crippen LogP contribution is -2.39. The van der Waals surface area contributed by atoms with Crippen LogP contribution in [0.1, 0.15) is 23.6 Å². The molecule has 1 N–H and O–H groups in total. The Morgan fingerprint density at radius 3 is 1.66 bits per heavy atom. The van der Waals surface area contributed by atoms with Gasteiger partial charge in [-0.05, 0) is 41.0 Å². The second kappa shape index (κ2) is 9.37. The topological polar surface area (TPSA) is 57.2 Å². The number of methoxy groups -OCH3 is 2. The van der Waals surface area contributed by atoms with Crippen molar-refractivity contribution >= 4 is 7.85 Å². The summed E-state index contributed by atoms with van der Waals surface area (Å²) < 4.78 is 23.7. The third-order valence-corrected chi connectivity index (χ3v) is 6.26. The van der Waals surface area contributed by atoms with Crippen LogP contribution in [0.25, 0.3) is 0 Å². The highest BCUT2D eigenvalue weighted by Gasteiger charge is 2.46. The third-order valence-electron chi connectivity index (χ3n) is 6.26. The average Bonchev–Trinajstić information content (AvgIpc) is 3.09. The molecule has 5 nitrogen and oxygen atoms in total. The Hall–Kier alpha value is -2.80. The number of benzene rings is 3. The minimum absolute atomic E-state index is 0.190. The average molecular weight is 432 g/mol. The third kappa shape index (κ3) is 4.02. The minimum atomic E-state index is -0.970. The normalized spacial score (nSPS) is 23.1. The molecule has 3 aromatic rings. The van der Waals surface area contributed by atoms with Crippen molar-refractivity contribution in [1.82, 2.24) is 0 Å². The van der Waals surface area contributed by atoms with Gasteiger partial charge in [0.05, 0.1) is 26.3 Å². The van der Waals surface area contributed by atoms with Crippen molar-refractivity contribution in [2.24, 2.45) is 5.92 Å². The highest BCUT2D eigenvalue weighted by molar-refractivity contribution is 6.11. The van der Waals surface area contributed by atoms with E-state index in [1.165, 1.54) is 0 Å². The van der Waals surface area contributed by atoms with Gasteiger partial charge in [0.15, 0.2) is 6.29 Å². The lowest BCUT2D eigenvalue weighted by atomic mass is 9.79. The lowest BCUT2D eigenvalue weighted by molar-refractivity contribution is -0.185. The van der Waals surface area contributed by atoms with Crippen LogP contribution in [0, 0.1) is 5.92 Å². The first-order valence-corrected chi connectivity index (χ1v) is 10.9. The van der Waals surface area contributed by atoms with E-state index in [1.807, 2.05) is 93.6 Å². The smallest absolute Gasteiger partial charge is 0.164 e. The van der Waals surface area contributed by atoms with Crippen LogP contribution in [0.2, 0.25) is 0 Å². The molecule has 0 aliphatic carbocycles. The summed E-state index contributed by atoms with van der Waals surface area (Å²) in [6.45, 7) is 1.95. The van der Waals surface area contributed by atoms with E-state index >= 15 is 0 Å². The molecule has 1 fully saturated rings. The van der Waals surface area contributed by atoms with Crippen LogP contribution in [0.4, 0.5) is 0 Å². The highest BCUT2D eigenvalue weighted by atomic mass is 16.7. The molecule has 1 aliphatic rings. The zero-order chi connectivity index (χ0) is 22.7. The summed E-state index contributed by atoms with van der Waals surface area (Å²) in [6.07, 6.45) is -1.19. The van der Waals surface area contributed by atoms with Crippen molar-refractivity contribution in [3.63, 3.8) is 0 Å². The van der Waals surface area contributed by atoms with Crippen LogP contribution in [0.5, 0.6) is 11.5 Å². The molecule has 1 aliphatic heterocycles. The van der Waals surface area contributed by atoms with Gasteiger partial charge in [-0.25, -0.2) is 0 Å². The number of rotatable bonds is 7. The van der Waals surface area contributed by atoms with E-state index in [0.717, 1.165) is 28.2 Å². The van der Waals surface area contributed by atoms with Crippen LogP contribution in [-0.2, 0) is 15.1 Å². The molecule has 4 atom stereocenters. The molecule has 0 aromatic heterocycles. The molecule has 1 saturated heterocycles. The van der Waals surface area contributed by atoms with Gasteiger partial charge in [-0.1, -0.05) is 61.5 Å². The van der Waals surface area contributed by atoms with E-state index in [0.29, 0.717) is 0 Å². The quantitative estimate of drug-likeness (QED) is 0.459. The van der Waals surface area contributed by atoms with Crippen molar-refractivity contribution in [2.45, 2.75) is 30.9 Å². The van der Waals surface area contributed by atoms with E-state index in [9.17, 15) is 5.11 Å². The summed E-state index contributed by atoms with van der Waals surface area (Å²) in [5.74, 6) is 1.34. The molecule has 32 heavy (non-hydrogen) atoms. The van der Waals surface area contributed by atoms with Gasteiger partial charge in [-0.15, -0.1) is 0 Å². The number of hydrogen-bond donors (Lipinski definition) is 1. The number of hydrogen-bond acceptors (Lipinski definition) is 5. The summed E-state index contributed by atoms with van der Waals surface area (Å²) in [6, 6.07) is 25.5. The predicted octanol–water partition coefficient (Wildman–Crippen LogP) is 3.32. The fraction of sp³-hybridized carbons (Fsp3) is 0.308. The van der Waals surface area contributed by atoms with Gasteiger partial charge in [0.25, 0.3) is 0 Å². The summed E-state index contributed by atoms with van der Waals surface area (Å²) in [4.78, 5) is 0. The van der Waals surface area contributed by atoms with Crippen LogP contribution >= 0.6 is 0 Å². The monoisotopic (exact) mass is 432 g/mol. The first-order chi connectivity index (χ1) is 15.5. The molecule has 1 heterocycles. The molecule has 2 unspecified atom stereocenters. The second-order valence-electron chi connectivity index (χ2n) is 8.18. The zero-order valence-corrected chi connectivity index (χ0v) is 18.9. The molecule has 166 valence electrons. The minimum Gasteiger partial charge on any atom is -0.497 e. The van der Waals surface area contributed by atoms with Gasteiger partial charge >= 0.3 is 0 Å². The molecule has 6 heteroatoms.